The molecule has 0 bridgehead atoms. The Labute approximate surface area is 140 Å². The van der Waals surface area contributed by atoms with E-state index in [1.54, 1.807) is 24.8 Å². The molecule has 3 heteroatoms. The number of aliphatic hydroxyl groups excluding tert-OH is 1. The first kappa shape index (κ1) is 14.5. The van der Waals surface area contributed by atoms with Gasteiger partial charge in [-0.3, -0.25) is 9.97 Å². The zero-order chi connectivity index (χ0) is 16.4. The molecular weight excluding hydrogens is 296 g/mol. The standard InChI is InChI=1S/C21H16N2O/c24-21(16-7-11-23-12-8-16)20-14-17(13-15-5-9-22-10-6-15)18-3-1-2-4-19(18)20/h1-14,21,24H/t21-/m1/s1. The van der Waals surface area contributed by atoms with Crippen molar-refractivity contribution in [3.63, 3.8) is 0 Å². The smallest absolute Gasteiger partial charge is 0.105 e. The first-order valence-electron chi connectivity index (χ1n) is 7.84. The van der Waals surface area contributed by atoms with E-state index in [0.29, 0.717) is 0 Å². The van der Waals surface area contributed by atoms with Crippen LogP contribution in [-0.4, -0.2) is 15.1 Å². The highest BCUT2D eigenvalue weighted by Crippen LogP contribution is 2.42. The third-order valence-corrected chi connectivity index (χ3v) is 4.20. The van der Waals surface area contributed by atoms with E-state index in [2.05, 4.69) is 34.3 Å². The molecular formula is C21H16N2O. The lowest BCUT2D eigenvalue weighted by molar-refractivity contribution is 0.238. The Kier molecular flexibility index (Phi) is 3.77. The summed E-state index contributed by atoms with van der Waals surface area (Å²) < 4.78 is 0. The Bertz CT molecular complexity index is 915. The average Bonchev–Trinajstić information content (AvgIpc) is 3.01. The summed E-state index contributed by atoms with van der Waals surface area (Å²) in [4.78, 5) is 8.08. The lowest BCUT2D eigenvalue weighted by Crippen LogP contribution is -1.99. The average molecular weight is 312 g/mol. The molecule has 1 aromatic carbocycles. The van der Waals surface area contributed by atoms with Gasteiger partial charge in [0.05, 0.1) is 0 Å². The number of allylic oxidation sites excluding steroid dienone is 2. The maximum atomic E-state index is 10.8. The third kappa shape index (κ3) is 2.66. The van der Waals surface area contributed by atoms with Gasteiger partial charge in [-0.1, -0.05) is 24.3 Å². The summed E-state index contributed by atoms with van der Waals surface area (Å²) in [5.74, 6) is 0. The molecule has 1 aliphatic rings. The summed E-state index contributed by atoms with van der Waals surface area (Å²) in [6.07, 6.45) is 10.5. The number of pyridine rings is 2. The number of nitrogens with zero attached hydrogens (tertiary/aromatic N) is 2. The summed E-state index contributed by atoms with van der Waals surface area (Å²) in [6.45, 7) is 0. The lowest BCUT2D eigenvalue weighted by atomic mass is 9.97. The molecule has 116 valence electrons. The van der Waals surface area contributed by atoms with E-state index >= 15 is 0 Å². The van der Waals surface area contributed by atoms with E-state index in [-0.39, 0.29) is 0 Å². The second-order valence-corrected chi connectivity index (χ2v) is 5.71. The Morgan fingerprint density at radius 2 is 1.42 bits per heavy atom. The highest BCUT2D eigenvalue weighted by molar-refractivity contribution is 6.02. The van der Waals surface area contributed by atoms with Crippen molar-refractivity contribution in [3.8, 4) is 0 Å². The molecule has 0 amide bonds. The topological polar surface area (TPSA) is 46.0 Å². The summed E-state index contributed by atoms with van der Waals surface area (Å²) in [7, 11) is 0. The largest absolute Gasteiger partial charge is 0.384 e. The van der Waals surface area contributed by atoms with Gasteiger partial charge in [0.1, 0.15) is 6.10 Å². The molecule has 3 aromatic rings. The molecule has 2 heterocycles. The van der Waals surface area contributed by atoms with Gasteiger partial charge in [-0.15, -0.1) is 0 Å². The predicted molar refractivity (Wildman–Crippen MR) is 95.7 cm³/mol. The zero-order valence-corrected chi connectivity index (χ0v) is 13.0. The van der Waals surface area contributed by atoms with E-state index in [9.17, 15) is 5.11 Å². The number of aliphatic hydroxyl groups is 1. The van der Waals surface area contributed by atoms with Gasteiger partial charge in [0.15, 0.2) is 0 Å². The third-order valence-electron chi connectivity index (χ3n) is 4.20. The highest BCUT2D eigenvalue weighted by Gasteiger charge is 2.24. The molecule has 0 fully saturated rings. The van der Waals surface area contributed by atoms with Crippen molar-refractivity contribution in [1.82, 2.24) is 9.97 Å². The first-order chi connectivity index (χ1) is 11.8. The SMILES string of the molecule is O[C@@H](C1=CC(=Cc2ccncc2)c2ccccc21)c1ccncc1. The van der Waals surface area contributed by atoms with Gasteiger partial charge >= 0.3 is 0 Å². The number of hydrogen-bond donors (Lipinski definition) is 1. The maximum absolute atomic E-state index is 10.8. The van der Waals surface area contributed by atoms with Gasteiger partial charge < -0.3 is 5.11 Å². The Morgan fingerprint density at radius 3 is 2.12 bits per heavy atom. The number of rotatable bonds is 3. The van der Waals surface area contributed by atoms with E-state index in [0.717, 1.165) is 33.4 Å². The Balaban J connectivity index is 1.80. The van der Waals surface area contributed by atoms with E-state index < -0.39 is 6.10 Å². The summed E-state index contributed by atoms with van der Waals surface area (Å²) >= 11 is 0. The minimum absolute atomic E-state index is 0.669. The van der Waals surface area contributed by atoms with Crippen LogP contribution >= 0.6 is 0 Å². The summed E-state index contributed by atoms with van der Waals surface area (Å²) in [5.41, 5.74) is 6.15. The van der Waals surface area contributed by atoms with Gasteiger partial charge in [0, 0.05) is 24.8 Å². The van der Waals surface area contributed by atoms with Gasteiger partial charge in [-0.25, -0.2) is 0 Å². The molecule has 0 saturated carbocycles. The second-order valence-electron chi connectivity index (χ2n) is 5.71. The molecule has 0 radical (unpaired) electrons. The quantitative estimate of drug-likeness (QED) is 0.790. The van der Waals surface area contributed by atoms with Gasteiger partial charge in [-0.05, 0) is 69.8 Å². The molecule has 4 rings (SSSR count). The molecule has 2 aromatic heterocycles. The minimum Gasteiger partial charge on any atom is -0.384 e. The molecule has 1 atom stereocenters. The molecule has 3 nitrogen and oxygen atoms in total. The van der Waals surface area contributed by atoms with Crippen LogP contribution in [0.4, 0.5) is 0 Å². The van der Waals surface area contributed by atoms with Gasteiger partial charge in [-0.2, -0.15) is 0 Å². The summed E-state index contributed by atoms with van der Waals surface area (Å²) in [5, 5.41) is 10.8. The van der Waals surface area contributed by atoms with Crippen LogP contribution in [0.1, 0.15) is 28.4 Å². The fraction of sp³-hybridized carbons (Fsp3) is 0.0476. The minimum atomic E-state index is -0.669. The molecule has 24 heavy (non-hydrogen) atoms. The van der Waals surface area contributed by atoms with Crippen LogP contribution in [0.5, 0.6) is 0 Å². The number of hydrogen-bond acceptors (Lipinski definition) is 3. The lowest BCUT2D eigenvalue weighted by Gasteiger charge is -2.13. The molecule has 0 saturated heterocycles. The second kappa shape index (κ2) is 6.22. The van der Waals surface area contributed by atoms with Gasteiger partial charge in [0.25, 0.3) is 0 Å². The fourth-order valence-electron chi connectivity index (χ4n) is 3.02. The van der Waals surface area contributed by atoms with Crippen LogP contribution < -0.4 is 0 Å². The first-order valence-corrected chi connectivity index (χ1v) is 7.84. The van der Waals surface area contributed by atoms with Crippen molar-refractivity contribution in [1.29, 1.82) is 0 Å². The van der Waals surface area contributed by atoms with Crippen LogP contribution in [0.25, 0.3) is 17.2 Å². The Morgan fingerprint density at radius 1 is 0.792 bits per heavy atom. The van der Waals surface area contributed by atoms with Crippen molar-refractivity contribution in [3.05, 3.63) is 102 Å². The molecule has 1 aliphatic carbocycles. The molecule has 0 aliphatic heterocycles. The van der Waals surface area contributed by atoms with E-state index in [4.69, 9.17) is 0 Å². The van der Waals surface area contributed by atoms with Crippen molar-refractivity contribution in [2.24, 2.45) is 0 Å². The van der Waals surface area contributed by atoms with Crippen LogP contribution in [0, 0.1) is 0 Å². The number of fused-ring (bicyclic) bond motifs is 1. The molecule has 0 spiro atoms. The normalized spacial score (nSPS) is 15.9. The number of benzene rings is 1. The van der Waals surface area contributed by atoms with E-state index in [1.165, 1.54) is 0 Å². The van der Waals surface area contributed by atoms with E-state index in [1.807, 2.05) is 36.4 Å². The van der Waals surface area contributed by atoms with Crippen molar-refractivity contribution >= 4 is 17.2 Å². The van der Waals surface area contributed by atoms with Crippen LogP contribution in [0.15, 0.2) is 79.4 Å². The van der Waals surface area contributed by atoms with Crippen LogP contribution in [0.3, 0.4) is 0 Å². The van der Waals surface area contributed by atoms with Crippen LogP contribution in [-0.2, 0) is 0 Å². The van der Waals surface area contributed by atoms with Crippen molar-refractivity contribution < 1.29 is 5.11 Å². The maximum Gasteiger partial charge on any atom is 0.105 e. The van der Waals surface area contributed by atoms with Gasteiger partial charge in [0.2, 0.25) is 0 Å². The summed E-state index contributed by atoms with van der Waals surface area (Å²) in [6, 6.07) is 15.8. The Hall–Kier alpha value is -3.04. The number of aromatic nitrogens is 2. The van der Waals surface area contributed by atoms with Crippen molar-refractivity contribution in [2.75, 3.05) is 0 Å². The van der Waals surface area contributed by atoms with Crippen molar-refractivity contribution in [2.45, 2.75) is 6.10 Å². The highest BCUT2D eigenvalue weighted by atomic mass is 16.3. The molecule has 1 N–H and O–H groups in total. The molecule has 0 unspecified atom stereocenters. The fourth-order valence-corrected chi connectivity index (χ4v) is 3.02. The monoisotopic (exact) mass is 312 g/mol. The van der Waals surface area contributed by atoms with Crippen LogP contribution in [0.2, 0.25) is 0 Å². The predicted octanol–water partition coefficient (Wildman–Crippen LogP) is 4.15. The zero-order valence-electron chi connectivity index (χ0n) is 13.0.